The van der Waals surface area contributed by atoms with Gasteiger partial charge in [0.25, 0.3) is 0 Å². The number of likely N-dealkylation sites (tertiary alicyclic amines) is 1. The average Bonchev–Trinajstić information content (AvgIpc) is 2.70. The first-order valence-corrected chi connectivity index (χ1v) is 12.0. The summed E-state index contributed by atoms with van der Waals surface area (Å²) in [4.78, 5) is 14.9. The van der Waals surface area contributed by atoms with Crippen molar-refractivity contribution in [2.24, 2.45) is 5.92 Å². The molecule has 1 saturated heterocycles. The Morgan fingerprint density at radius 3 is 2.52 bits per heavy atom. The van der Waals surface area contributed by atoms with E-state index in [2.05, 4.69) is 41.4 Å². The quantitative estimate of drug-likeness (QED) is 0.533. The van der Waals surface area contributed by atoms with Crippen molar-refractivity contribution in [3.8, 4) is 0 Å². The second-order valence-corrected chi connectivity index (χ2v) is 9.50. The van der Waals surface area contributed by atoms with Crippen LogP contribution in [0.5, 0.6) is 0 Å². The Morgan fingerprint density at radius 1 is 1.14 bits per heavy atom. The van der Waals surface area contributed by atoms with Crippen molar-refractivity contribution < 1.29 is 4.79 Å². The summed E-state index contributed by atoms with van der Waals surface area (Å²) in [5.41, 5.74) is 3.61. The van der Waals surface area contributed by atoms with Gasteiger partial charge < -0.3 is 5.32 Å². The SMILES string of the molecule is Cc1cccc(CN2CCC(C(=O)NCCSCc3c(Cl)cccc3Cl)CC2)c1. The fourth-order valence-electron chi connectivity index (χ4n) is 3.66. The highest BCUT2D eigenvalue weighted by atomic mass is 35.5. The Bertz CT molecular complexity index is 802. The third-order valence-corrected chi connectivity index (χ3v) is 6.99. The van der Waals surface area contributed by atoms with Gasteiger partial charge in [-0.15, -0.1) is 0 Å². The predicted octanol–water partition coefficient (Wildman–Crippen LogP) is 5.56. The van der Waals surface area contributed by atoms with Gasteiger partial charge in [-0.3, -0.25) is 9.69 Å². The van der Waals surface area contributed by atoms with Crippen LogP contribution in [0.15, 0.2) is 42.5 Å². The Hall–Kier alpha value is -1.20. The molecule has 0 atom stereocenters. The van der Waals surface area contributed by atoms with E-state index in [0.29, 0.717) is 16.6 Å². The summed E-state index contributed by atoms with van der Waals surface area (Å²) in [7, 11) is 0. The van der Waals surface area contributed by atoms with Crippen LogP contribution in [0, 0.1) is 12.8 Å². The van der Waals surface area contributed by atoms with Gasteiger partial charge in [-0.25, -0.2) is 0 Å². The molecule has 2 aromatic carbocycles. The molecule has 0 saturated carbocycles. The minimum Gasteiger partial charge on any atom is -0.355 e. The number of carbonyl (C=O) groups excluding carboxylic acids is 1. The zero-order chi connectivity index (χ0) is 20.6. The molecule has 0 unspecified atom stereocenters. The summed E-state index contributed by atoms with van der Waals surface area (Å²) in [6.45, 7) is 5.73. The fourth-order valence-corrected chi connectivity index (χ4v) is 5.25. The van der Waals surface area contributed by atoms with Crippen molar-refractivity contribution in [2.45, 2.75) is 32.1 Å². The molecule has 0 aromatic heterocycles. The van der Waals surface area contributed by atoms with Crippen LogP contribution >= 0.6 is 35.0 Å². The summed E-state index contributed by atoms with van der Waals surface area (Å²) >= 11 is 14.1. The Kier molecular flexibility index (Phi) is 8.73. The van der Waals surface area contributed by atoms with Gasteiger partial charge in [0, 0.05) is 40.6 Å². The highest BCUT2D eigenvalue weighted by Crippen LogP contribution is 2.28. The summed E-state index contributed by atoms with van der Waals surface area (Å²) in [6.07, 6.45) is 1.86. The number of rotatable bonds is 8. The lowest BCUT2D eigenvalue weighted by Crippen LogP contribution is -2.40. The molecule has 0 radical (unpaired) electrons. The molecule has 0 bridgehead atoms. The number of nitrogens with one attached hydrogen (secondary N) is 1. The lowest BCUT2D eigenvalue weighted by molar-refractivity contribution is -0.126. The number of carbonyl (C=O) groups is 1. The minimum atomic E-state index is 0.131. The van der Waals surface area contributed by atoms with E-state index in [1.807, 2.05) is 18.2 Å². The van der Waals surface area contributed by atoms with Crippen LogP contribution in [0.4, 0.5) is 0 Å². The van der Waals surface area contributed by atoms with E-state index in [4.69, 9.17) is 23.2 Å². The zero-order valence-corrected chi connectivity index (χ0v) is 19.1. The number of thioether (sulfide) groups is 1. The second-order valence-electron chi connectivity index (χ2n) is 7.58. The van der Waals surface area contributed by atoms with Crippen molar-refractivity contribution in [1.82, 2.24) is 10.2 Å². The van der Waals surface area contributed by atoms with Gasteiger partial charge in [0.15, 0.2) is 0 Å². The molecule has 3 nitrogen and oxygen atoms in total. The van der Waals surface area contributed by atoms with E-state index in [1.165, 1.54) is 11.1 Å². The number of nitrogens with zero attached hydrogens (tertiary/aromatic N) is 1. The molecule has 1 heterocycles. The van der Waals surface area contributed by atoms with Gasteiger partial charge in [-0.2, -0.15) is 11.8 Å². The van der Waals surface area contributed by atoms with Crippen LogP contribution in [0.25, 0.3) is 0 Å². The summed E-state index contributed by atoms with van der Waals surface area (Å²) < 4.78 is 0. The molecular formula is C23H28Cl2N2OS. The highest BCUT2D eigenvalue weighted by molar-refractivity contribution is 7.98. The maximum Gasteiger partial charge on any atom is 0.223 e. The van der Waals surface area contributed by atoms with Crippen LogP contribution in [-0.4, -0.2) is 36.2 Å². The minimum absolute atomic E-state index is 0.131. The monoisotopic (exact) mass is 450 g/mol. The first-order chi connectivity index (χ1) is 14.0. The number of amides is 1. The van der Waals surface area contributed by atoms with E-state index >= 15 is 0 Å². The van der Waals surface area contributed by atoms with Crippen molar-refractivity contribution in [2.75, 3.05) is 25.4 Å². The number of hydrogen-bond donors (Lipinski definition) is 1. The molecule has 0 aliphatic carbocycles. The van der Waals surface area contributed by atoms with Crippen molar-refractivity contribution in [1.29, 1.82) is 0 Å². The smallest absolute Gasteiger partial charge is 0.223 e. The van der Waals surface area contributed by atoms with Crippen molar-refractivity contribution in [3.63, 3.8) is 0 Å². The van der Waals surface area contributed by atoms with Gasteiger partial charge in [0.1, 0.15) is 0 Å². The van der Waals surface area contributed by atoms with Crippen molar-refractivity contribution >= 4 is 40.9 Å². The first-order valence-electron chi connectivity index (χ1n) is 10.1. The van der Waals surface area contributed by atoms with Gasteiger partial charge in [0.05, 0.1) is 0 Å². The van der Waals surface area contributed by atoms with Crippen LogP contribution in [-0.2, 0) is 17.1 Å². The molecule has 1 aliphatic rings. The molecular weight excluding hydrogens is 423 g/mol. The molecule has 1 aliphatic heterocycles. The van der Waals surface area contributed by atoms with Gasteiger partial charge in [0.2, 0.25) is 5.91 Å². The highest BCUT2D eigenvalue weighted by Gasteiger charge is 2.24. The number of aryl methyl sites for hydroxylation is 1. The van der Waals surface area contributed by atoms with Crippen LogP contribution < -0.4 is 5.32 Å². The summed E-state index contributed by atoms with van der Waals surface area (Å²) in [5.74, 6) is 1.92. The largest absolute Gasteiger partial charge is 0.355 e. The van der Waals surface area contributed by atoms with E-state index in [9.17, 15) is 4.79 Å². The number of hydrogen-bond acceptors (Lipinski definition) is 3. The molecule has 1 amide bonds. The summed E-state index contributed by atoms with van der Waals surface area (Å²) in [5, 5.41) is 4.50. The summed E-state index contributed by atoms with van der Waals surface area (Å²) in [6, 6.07) is 14.2. The number of piperidine rings is 1. The fraction of sp³-hybridized carbons (Fsp3) is 0.435. The van der Waals surface area contributed by atoms with Crippen LogP contribution in [0.2, 0.25) is 10.0 Å². The van der Waals surface area contributed by atoms with E-state index < -0.39 is 0 Å². The Morgan fingerprint density at radius 2 is 1.83 bits per heavy atom. The molecule has 156 valence electrons. The lowest BCUT2D eigenvalue weighted by atomic mass is 9.95. The molecule has 3 rings (SSSR count). The maximum atomic E-state index is 12.5. The van der Waals surface area contributed by atoms with E-state index in [1.54, 1.807) is 11.8 Å². The van der Waals surface area contributed by atoms with E-state index in [0.717, 1.165) is 49.5 Å². The second kappa shape index (κ2) is 11.3. The van der Waals surface area contributed by atoms with Gasteiger partial charge >= 0.3 is 0 Å². The third-order valence-electron chi connectivity index (χ3n) is 5.30. The third kappa shape index (κ3) is 6.92. The molecule has 1 N–H and O–H groups in total. The van der Waals surface area contributed by atoms with Gasteiger partial charge in [-0.1, -0.05) is 59.1 Å². The first kappa shape index (κ1) is 22.5. The molecule has 2 aromatic rings. The topological polar surface area (TPSA) is 32.3 Å². The number of benzene rings is 2. The van der Waals surface area contributed by atoms with Crippen molar-refractivity contribution in [3.05, 3.63) is 69.2 Å². The standard InChI is InChI=1S/C23H28Cl2N2OS/c1-17-4-2-5-18(14-17)15-27-11-8-19(9-12-27)23(28)26-10-13-29-16-20-21(24)6-3-7-22(20)25/h2-7,14,19H,8-13,15-16H2,1H3,(H,26,28). The molecule has 1 fully saturated rings. The Labute approximate surface area is 188 Å². The molecule has 0 spiro atoms. The number of halogens is 2. The predicted molar refractivity (Wildman–Crippen MR) is 125 cm³/mol. The Balaban J connectivity index is 1.32. The molecule has 6 heteroatoms. The van der Waals surface area contributed by atoms with Crippen LogP contribution in [0.1, 0.15) is 29.5 Å². The maximum absolute atomic E-state index is 12.5. The zero-order valence-electron chi connectivity index (χ0n) is 16.8. The van der Waals surface area contributed by atoms with Crippen LogP contribution in [0.3, 0.4) is 0 Å². The van der Waals surface area contributed by atoms with Gasteiger partial charge in [-0.05, 0) is 56.1 Å². The molecule has 29 heavy (non-hydrogen) atoms. The average molecular weight is 451 g/mol. The van der Waals surface area contributed by atoms with E-state index in [-0.39, 0.29) is 11.8 Å². The lowest BCUT2D eigenvalue weighted by Gasteiger charge is -2.31. The normalized spacial score (nSPS) is 15.4.